The lowest BCUT2D eigenvalue weighted by Gasteiger charge is -2.18. The molecule has 9 aromatic rings. The van der Waals surface area contributed by atoms with E-state index in [1.54, 1.807) is 0 Å². The van der Waals surface area contributed by atoms with Crippen LogP contribution in [0.4, 0.5) is 0 Å². The summed E-state index contributed by atoms with van der Waals surface area (Å²) in [5.74, 6) is 0. The third-order valence-corrected chi connectivity index (χ3v) is 7.93. The molecule has 1 heterocycles. The highest BCUT2D eigenvalue weighted by Crippen LogP contribution is 2.44. The van der Waals surface area contributed by atoms with Gasteiger partial charge in [-0.25, -0.2) is 0 Å². The summed E-state index contributed by atoms with van der Waals surface area (Å²) in [6, 6.07) is 15.0. The number of rotatable bonds is 4. The van der Waals surface area contributed by atoms with Crippen LogP contribution in [0.25, 0.3) is 88.0 Å². The molecule has 0 aliphatic heterocycles. The molecule has 0 fully saturated rings. The first-order valence-corrected chi connectivity index (χ1v) is 14.2. The maximum Gasteiger partial charge on any atom is 0.143 e. The van der Waals surface area contributed by atoms with Gasteiger partial charge >= 0.3 is 0 Å². The van der Waals surface area contributed by atoms with Gasteiger partial charge in [0.05, 0.1) is 20.6 Å². The van der Waals surface area contributed by atoms with Gasteiger partial charge in [-0.15, -0.1) is 0 Å². The first kappa shape index (κ1) is 14.7. The van der Waals surface area contributed by atoms with Crippen molar-refractivity contribution in [1.82, 2.24) is 0 Å². The van der Waals surface area contributed by atoms with Crippen LogP contribution in [0.2, 0.25) is 0 Å². The molecule has 0 amide bonds. The van der Waals surface area contributed by atoms with E-state index in [9.17, 15) is 6.85 Å². The zero-order valence-electron chi connectivity index (χ0n) is 38.4. The average molecular weight is 588 g/mol. The Labute approximate surface area is 282 Å². The van der Waals surface area contributed by atoms with Gasteiger partial charge in [0.1, 0.15) is 11.2 Å². The number of fused-ring (bicyclic) bond motifs is 5. The summed E-state index contributed by atoms with van der Waals surface area (Å²) in [5, 5.41) is 2.33. The zero-order chi connectivity index (χ0) is 42.8. The highest BCUT2D eigenvalue weighted by Gasteiger charge is 2.17. The lowest BCUT2D eigenvalue weighted by molar-refractivity contribution is 0.670. The van der Waals surface area contributed by atoms with Crippen LogP contribution in [0, 0.1) is 0 Å². The maximum absolute atomic E-state index is 9.49. The lowest BCUT2D eigenvalue weighted by atomic mass is 9.85. The molecular weight excluding hydrogens is 544 g/mol. The maximum atomic E-state index is 9.49. The molecule has 1 heteroatoms. The van der Waals surface area contributed by atoms with Crippen LogP contribution < -0.4 is 0 Å². The highest BCUT2D eigenvalue weighted by atomic mass is 16.3. The SMILES string of the molecule is [2H]c1c([2H])c([2H])c(-c2c([2H])c([2H])c3oc4c(-c5c([2H])c([2H])c(-c6c7ccccc7c(-c7ccccc7)c7ccccc67)c([2H])c5[2H])c([2H])c([2H])c([2H])c4c3c2[2H])c([2H])c1[2H]. The van der Waals surface area contributed by atoms with Gasteiger partial charge in [0.2, 0.25) is 0 Å². The molecule has 9 rings (SSSR count). The standard InChI is InChI=1S/C44H28O/c1-3-12-29(13-4-1)33-26-27-41-40(28-33)39-21-11-20-34(44(39)45-41)30-22-24-32(25-23-30)43-37-18-9-7-16-35(37)42(31-14-5-2-6-15-31)36-17-8-10-19-38(36)43/h1-28H/i1D,3D,4D,11D,12D,13D,20D,21D,22D,23D,24D,25D,26D,27D,28D. The minimum Gasteiger partial charge on any atom is -0.455 e. The van der Waals surface area contributed by atoms with Gasteiger partial charge in [0.25, 0.3) is 0 Å². The summed E-state index contributed by atoms with van der Waals surface area (Å²) < 4.78 is 139. The van der Waals surface area contributed by atoms with E-state index in [0.717, 1.165) is 21.9 Å². The van der Waals surface area contributed by atoms with Crippen LogP contribution >= 0.6 is 0 Å². The molecule has 210 valence electrons. The summed E-state index contributed by atoms with van der Waals surface area (Å²) in [5.41, 5.74) is -0.424. The Kier molecular flexibility index (Phi) is 3.39. The summed E-state index contributed by atoms with van der Waals surface area (Å²) in [6.45, 7) is 0. The van der Waals surface area contributed by atoms with Gasteiger partial charge in [-0.05, 0) is 72.6 Å². The topological polar surface area (TPSA) is 13.1 Å². The van der Waals surface area contributed by atoms with Gasteiger partial charge < -0.3 is 4.42 Å². The van der Waals surface area contributed by atoms with Crippen LogP contribution in [0.15, 0.2) is 174 Å². The fraction of sp³-hybridized carbons (Fsp3) is 0. The molecular formula is C44H28O. The van der Waals surface area contributed by atoms with Gasteiger partial charge in [0.15, 0.2) is 0 Å². The van der Waals surface area contributed by atoms with E-state index in [1.165, 1.54) is 0 Å². The van der Waals surface area contributed by atoms with Crippen LogP contribution in [0.3, 0.4) is 0 Å². The minimum absolute atomic E-state index is 0.0136. The van der Waals surface area contributed by atoms with Crippen molar-refractivity contribution in [3.8, 4) is 44.5 Å². The molecule has 0 aliphatic rings. The smallest absolute Gasteiger partial charge is 0.143 e. The first-order chi connectivity index (χ1) is 28.6. The summed E-state index contributed by atoms with van der Waals surface area (Å²) in [6.07, 6.45) is 0. The molecule has 0 radical (unpaired) electrons. The molecule has 0 spiro atoms. The van der Waals surface area contributed by atoms with E-state index in [-0.39, 0.29) is 16.3 Å². The van der Waals surface area contributed by atoms with E-state index >= 15 is 0 Å². The Morgan fingerprint density at radius 3 is 1.62 bits per heavy atom. The van der Waals surface area contributed by atoms with Crippen LogP contribution in [-0.4, -0.2) is 0 Å². The molecule has 1 nitrogen and oxygen atoms in total. The Bertz CT molecular complexity index is 3260. The van der Waals surface area contributed by atoms with E-state index in [2.05, 4.69) is 0 Å². The fourth-order valence-electron chi connectivity index (χ4n) is 5.97. The van der Waals surface area contributed by atoms with Gasteiger partial charge in [-0.2, -0.15) is 0 Å². The molecule has 0 N–H and O–H groups in total. The van der Waals surface area contributed by atoms with E-state index < -0.39 is 124 Å². The Hall–Kier alpha value is -5.92. The molecule has 1 aromatic heterocycles. The predicted molar refractivity (Wildman–Crippen MR) is 190 cm³/mol. The number of hydrogen-bond donors (Lipinski definition) is 0. The van der Waals surface area contributed by atoms with Crippen molar-refractivity contribution >= 4 is 43.5 Å². The second-order valence-corrected chi connectivity index (χ2v) is 10.5. The molecule has 8 aromatic carbocycles. The lowest BCUT2D eigenvalue weighted by Crippen LogP contribution is -1.90. The fourth-order valence-corrected chi connectivity index (χ4v) is 5.97. The second-order valence-electron chi connectivity index (χ2n) is 10.5. The van der Waals surface area contributed by atoms with Gasteiger partial charge in [0, 0.05) is 16.3 Å². The van der Waals surface area contributed by atoms with Crippen molar-refractivity contribution in [2.75, 3.05) is 0 Å². The summed E-state index contributed by atoms with van der Waals surface area (Å²) in [7, 11) is 0. The number of hydrogen-bond acceptors (Lipinski definition) is 1. The molecule has 0 atom stereocenters. The molecule has 45 heavy (non-hydrogen) atoms. The molecule has 0 saturated heterocycles. The third kappa shape index (κ3) is 4.17. The quantitative estimate of drug-likeness (QED) is 0.187. The van der Waals surface area contributed by atoms with Crippen molar-refractivity contribution in [3.05, 3.63) is 169 Å². The monoisotopic (exact) mass is 587 g/mol. The van der Waals surface area contributed by atoms with Crippen molar-refractivity contribution in [2.45, 2.75) is 0 Å². The van der Waals surface area contributed by atoms with Crippen molar-refractivity contribution in [1.29, 1.82) is 0 Å². The van der Waals surface area contributed by atoms with Crippen molar-refractivity contribution in [3.63, 3.8) is 0 Å². The van der Waals surface area contributed by atoms with Gasteiger partial charge in [-0.3, -0.25) is 0 Å². The third-order valence-electron chi connectivity index (χ3n) is 7.93. The Balaban J connectivity index is 1.38. The Morgan fingerprint density at radius 1 is 0.378 bits per heavy atom. The molecule has 0 unspecified atom stereocenters. The Morgan fingerprint density at radius 2 is 0.956 bits per heavy atom. The van der Waals surface area contributed by atoms with Crippen LogP contribution in [0.1, 0.15) is 20.6 Å². The molecule has 0 bridgehead atoms. The first-order valence-electron chi connectivity index (χ1n) is 21.7. The van der Waals surface area contributed by atoms with E-state index in [0.29, 0.717) is 16.3 Å². The van der Waals surface area contributed by atoms with Crippen molar-refractivity contribution < 1.29 is 25.0 Å². The average Bonchev–Trinajstić information content (AvgIpc) is 3.66. The van der Waals surface area contributed by atoms with Gasteiger partial charge in [-0.1, -0.05) is 157 Å². The molecule has 0 saturated carbocycles. The van der Waals surface area contributed by atoms with Crippen LogP contribution in [0.5, 0.6) is 0 Å². The molecule has 0 aliphatic carbocycles. The largest absolute Gasteiger partial charge is 0.455 e. The summed E-state index contributed by atoms with van der Waals surface area (Å²) >= 11 is 0. The second kappa shape index (κ2) is 10.4. The number of benzene rings is 8. The number of para-hydroxylation sites is 1. The predicted octanol–water partition coefficient (Wildman–Crippen LogP) is 12.6. The van der Waals surface area contributed by atoms with Crippen LogP contribution in [-0.2, 0) is 0 Å². The highest BCUT2D eigenvalue weighted by molar-refractivity contribution is 6.21. The number of furan rings is 1. The van der Waals surface area contributed by atoms with E-state index in [4.69, 9.17) is 18.1 Å². The van der Waals surface area contributed by atoms with E-state index in [1.807, 2.05) is 78.9 Å². The minimum atomic E-state index is -0.732. The summed E-state index contributed by atoms with van der Waals surface area (Å²) in [4.78, 5) is 0. The van der Waals surface area contributed by atoms with Crippen molar-refractivity contribution in [2.24, 2.45) is 0 Å². The zero-order valence-corrected chi connectivity index (χ0v) is 23.4. The normalized spacial score (nSPS) is 16.2.